The smallest absolute Gasteiger partial charge is 0.188 e. The van der Waals surface area contributed by atoms with Crippen molar-refractivity contribution in [2.24, 2.45) is 0 Å². The second kappa shape index (κ2) is 6.08. The molecule has 4 rings (SSSR count). The van der Waals surface area contributed by atoms with Crippen molar-refractivity contribution in [2.45, 2.75) is 47.0 Å². The van der Waals surface area contributed by atoms with Gasteiger partial charge in [-0.25, -0.2) is 9.97 Å². The van der Waals surface area contributed by atoms with E-state index < -0.39 is 0 Å². The van der Waals surface area contributed by atoms with E-state index in [9.17, 15) is 0 Å². The zero-order valence-corrected chi connectivity index (χ0v) is 16.8. The molecule has 0 unspecified atom stereocenters. The Kier molecular flexibility index (Phi) is 3.95. The van der Waals surface area contributed by atoms with Crippen LogP contribution in [0.1, 0.15) is 43.0 Å². The van der Waals surface area contributed by atoms with E-state index in [0.29, 0.717) is 5.75 Å². The van der Waals surface area contributed by atoms with Gasteiger partial charge in [0.15, 0.2) is 17.3 Å². The van der Waals surface area contributed by atoms with E-state index >= 15 is 0 Å². The monoisotopic (exact) mass is 359 g/mol. The van der Waals surface area contributed by atoms with Gasteiger partial charge < -0.3 is 4.74 Å². The molecular formula is C23H25N3O. The molecule has 2 heterocycles. The van der Waals surface area contributed by atoms with E-state index in [1.165, 1.54) is 16.7 Å². The lowest BCUT2D eigenvalue weighted by molar-refractivity contribution is 0.470. The predicted molar refractivity (Wildman–Crippen MR) is 110 cm³/mol. The van der Waals surface area contributed by atoms with Crippen LogP contribution in [0.2, 0.25) is 0 Å². The number of aromatic nitrogens is 2. The number of hydrogen-bond acceptors (Lipinski definition) is 4. The van der Waals surface area contributed by atoms with E-state index in [-0.39, 0.29) is 5.41 Å². The summed E-state index contributed by atoms with van der Waals surface area (Å²) >= 11 is 0. The lowest BCUT2D eigenvalue weighted by Crippen LogP contribution is -2.20. The normalized spacial score (nSPS) is 13.0. The molecule has 0 saturated heterocycles. The zero-order valence-electron chi connectivity index (χ0n) is 16.8. The van der Waals surface area contributed by atoms with Crippen molar-refractivity contribution in [1.29, 1.82) is 0 Å². The quantitative estimate of drug-likeness (QED) is 0.401. The van der Waals surface area contributed by atoms with Crippen molar-refractivity contribution in [3.63, 3.8) is 0 Å². The number of anilines is 3. The van der Waals surface area contributed by atoms with E-state index in [4.69, 9.17) is 4.74 Å². The van der Waals surface area contributed by atoms with Gasteiger partial charge in [-0.05, 0) is 60.6 Å². The lowest BCUT2D eigenvalue weighted by atomic mass is 9.84. The highest BCUT2D eigenvalue weighted by molar-refractivity contribution is 5.86. The molecule has 4 nitrogen and oxygen atoms in total. The maximum Gasteiger partial charge on any atom is 0.188 e. The van der Waals surface area contributed by atoms with Crippen molar-refractivity contribution in [3.8, 4) is 11.5 Å². The van der Waals surface area contributed by atoms with Crippen LogP contribution in [0.4, 0.5) is 17.2 Å². The van der Waals surface area contributed by atoms with E-state index in [1.807, 2.05) is 0 Å². The van der Waals surface area contributed by atoms with Gasteiger partial charge in [-0.3, -0.25) is 4.90 Å². The molecule has 0 radical (unpaired) electrons. The van der Waals surface area contributed by atoms with Crippen molar-refractivity contribution in [2.75, 3.05) is 4.90 Å². The highest BCUT2D eigenvalue weighted by Gasteiger charge is 2.30. The highest BCUT2D eigenvalue weighted by atomic mass is 16.5. The molecule has 0 fully saturated rings. The first kappa shape index (κ1) is 17.5. The Balaban J connectivity index is 1.97. The molecule has 138 valence electrons. The molecule has 27 heavy (non-hydrogen) atoms. The fraction of sp³-hybridized carbons (Fsp3) is 0.304. The van der Waals surface area contributed by atoms with Gasteiger partial charge in [0.1, 0.15) is 6.33 Å². The van der Waals surface area contributed by atoms with Gasteiger partial charge in [0.25, 0.3) is 0 Å². The summed E-state index contributed by atoms with van der Waals surface area (Å²) in [5.41, 5.74) is 7.19. The average Bonchev–Trinajstić information content (AvgIpc) is 2.59. The Bertz CT molecular complexity index is 1010. The minimum absolute atomic E-state index is 0.105. The standard InChI is InChI=1S/C23H25N3O/c1-14-7-8-18-19(9-14)27-20-12-24-13-25-22(20)26(18)21-15(2)10-17(11-16(21)3)23(4,5)6/h7-13H,1-6H3. The maximum absolute atomic E-state index is 6.10. The molecule has 1 aromatic heterocycles. The van der Waals surface area contributed by atoms with Crippen molar-refractivity contribution in [1.82, 2.24) is 9.97 Å². The molecule has 2 aromatic carbocycles. The summed E-state index contributed by atoms with van der Waals surface area (Å²) in [5, 5.41) is 0. The topological polar surface area (TPSA) is 38.3 Å². The summed E-state index contributed by atoms with van der Waals surface area (Å²) < 4.78 is 6.10. The maximum atomic E-state index is 6.10. The first-order valence-corrected chi connectivity index (χ1v) is 9.26. The number of rotatable bonds is 1. The van der Waals surface area contributed by atoms with Crippen LogP contribution in [0, 0.1) is 20.8 Å². The van der Waals surface area contributed by atoms with Gasteiger partial charge in [-0.2, -0.15) is 0 Å². The first-order chi connectivity index (χ1) is 12.8. The van der Waals surface area contributed by atoms with Crippen LogP contribution >= 0.6 is 0 Å². The fourth-order valence-corrected chi connectivity index (χ4v) is 3.64. The SMILES string of the molecule is Cc1ccc2c(c1)Oc1cncnc1N2c1c(C)cc(C(C)(C)C)cc1C. The lowest BCUT2D eigenvalue weighted by Gasteiger charge is -2.34. The van der Waals surface area contributed by atoms with Crippen LogP contribution in [0.25, 0.3) is 0 Å². The first-order valence-electron chi connectivity index (χ1n) is 9.26. The van der Waals surface area contributed by atoms with Crippen LogP contribution < -0.4 is 9.64 Å². The molecule has 0 N–H and O–H groups in total. The van der Waals surface area contributed by atoms with Gasteiger partial charge in [-0.1, -0.05) is 39.0 Å². The van der Waals surface area contributed by atoms with Crippen LogP contribution in [0.15, 0.2) is 42.9 Å². The Hall–Kier alpha value is -2.88. The zero-order chi connectivity index (χ0) is 19.3. The number of benzene rings is 2. The Labute approximate surface area is 160 Å². The number of nitrogens with zero attached hydrogens (tertiary/aromatic N) is 3. The Morgan fingerprint density at radius 3 is 2.30 bits per heavy atom. The van der Waals surface area contributed by atoms with Gasteiger partial charge in [-0.15, -0.1) is 0 Å². The Morgan fingerprint density at radius 2 is 1.63 bits per heavy atom. The number of ether oxygens (including phenoxy) is 1. The molecule has 0 aliphatic carbocycles. The molecule has 1 aliphatic heterocycles. The largest absolute Gasteiger partial charge is 0.450 e. The summed E-state index contributed by atoms with van der Waals surface area (Å²) in [6, 6.07) is 10.8. The molecule has 3 aromatic rings. The van der Waals surface area contributed by atoms with Crippen LogP contribution in [-0.4, -0.2) is 9.97 Å². The third kappa shape index (κ3) is 2.95. The summed E-state index contributed by atoms with van der Waals surface area (Å²) in [4.78, 5) is 10.9. The minimum atomic E-state index is 0.105. The third-order valence-electron chi connectivity index (χ3n) is 5.03. The molecule has 0 spiro atoms. The summed E-state index contributed by atoms with van der Waals surface area (Å²) in [5.74, 6) is 2.28. The fourth-order valence-electron chi connectivity index (χ4n) is 3.64. The van der Waals surface area contributed by atoms with Gasteiger partial charge in [0.2, 0.25) is 0 Å². The third-order valence-corrected chi connectivity index (χ3v) is 5.03. The van der Waals surface area contributed by atoms with Crippen molar-refractivity contribution in [3.05, 3.63) is 65.1 Å². The Morgan fingerprint density at radius 1 is 0.926 bits per heavy atom. The van der Waals surface area contributed by atoms with Crippen LogP contribution in [-0.2, 0) is 5.41 Å². The molecule has 0 saturated carbocycles. The van der Waals surface area contributed by atoms with Gasteiger partial charge in [0.05, 0.1) is 17.6 Å². The van der Waals surface area contributed by atoms with E-state index in [1.54, 1.807) is 12.5 Å². The van der Waals surface area contributed by atoms with Crippen molar-refractivity contribution < 1.29 is 4.74 Å². The highest BCUT2D eigenvalue weighted by Crippen LogP contribution is 2.51. The molecule has 1 aliphatic rings. The van der Waals surface area contributed by atoms with Crippen molar-refractivity contribution >= 4 is 17.2 Å². The second-order valence-electron chi connectivity index (χ2n) is 8.33. The number of fused-ring (bicyclic) bond motifs is 2. The number of aryl methyl sites for hydroxylation is 3. The molecule has 4 heteroatoms. The molecule has 0 atom stereocenters. The molecule has 0 bridgehead atoms. The summed E-state index contributed by atoms with van der Waals surface area (Å²) in [6.07, 6.45) is 3.30. The summed E-state index contributed by atoms with van der Waals surface area (Å²) in [6.45, 7) is 13.1. The van der Waals surface area contributed by atoms with E-state index in [2.05, 4.69) is 86.7 Å². The number of hydrogen-bond donors (Lipinski definition) is 0. The predicted octanol–water partition coefficient (Wildman–Crippen LogP) is 6.27. The molecule has 0 amide bonds. The minimum Gasteiger partial charge on any atom is -0.450 e. The van der Waals surface area contributed by atoms with Gasteiger partial charge >= 0.3 is 0 Å². The average molecular weight is 359 g/mol. The van der Waals surface area contributed by atoms with Crippen LogP contribution in [0.3, 0.4) is 0 Å². The summed E-state index contributed by atoms with van der Waals surface area (Å²) in [7, 11) is 0. The second-order valence-corrected chi connectivity index (χ2v) is 8.33. The van der Waals surface area contributed by atoms with E-state index in [0.717, 1.165) is 28.5 Å². The van der Waals surface area contributed by atoms with Gasteiger partial charge in [0, 0.05) is 0 Å². The molecular weight excluding hydrogens is 334 g/mol. The van der Waals surface area contributed by atoms with Crippen LogP contribution in [0.5, 0.6) is 11.5 Å².